The van der Waals surface area contributed by atoms with Crippen LogP contribution in [0.15, 0.2) is 60.7 Å². The number of rotatable bonds is 7. The SMILES string of the molecule is CC(=N)N1CCC(Oc2ccc(N(Cc3ccc4ccc(C(=N)N)cc4c3)S(C)(=O)=O)cc2)CC1.Cl.Cl. The van der Waals surface area contributed by atoms with E-state index in [4.69, 9.17) is 21.3 Å². The normalized spacial score (nSPS) is 13.8. The van der Waals surface area contributed by atoms with Gasteiger partial charge < -0.3 is 15.4 Å². The number of fused-ring (bicyclic) bond motifs is 1. The van der Waals surface area contributed by atoms with E-state index >= 15 is 0 Å². The van der Waals surface area contributed by atoms with E-state index in [9.17, 15) is 8.42 Å². The number of likely N-dealkylation sites (tertiary alicyclic amines) is 1. The Morgan fingerprint density at radius 3 is 2.19 bits per heavy atom. The Morgan fingerprint density at radius 2 is 1.62 bits per heavy atom. The Bertz CT molecular complexity index is 1360. The predicted octanol–water partition coefficient (Wildman–Crippen LogP) is 4.77. The van der Waals surface area contributed by atoms with Gasteiger partial charge in [-0.1, -0.05) is 24.3 Å². The molecule has 3 aromatic rings. The molecule has 200 valence electrons. The highest BCUT2D eigenvalue weighted by Gasteiger charge is 2.22. The Labute approximate surface area is 230 Å². The summed E-state index contributed by atoms with van der Waals surface area (Å²) in [7, 11) is -3.53. The largest absolute Gasteiger partial charge is 0.490 e. The van der Waals surface area contributed by atoms with Gasteiger partial charge in [0.25, 0.3) is 0 Å². The van der Waals surface area contributed by atoms with Crippen molar-refractivity contribution in [1.29, 1.82) is 10.8 Å². The number of sulfonamides is 1. The fourth-order valence-corrected chi connectivity index (χ4v) is 5.21. The molecule has 4 rings (SSSR count). The topological polar surface area (TPSA) is 124 Å². The van der Waals surface area contributed by atoms with Crippen molar-refractivity contribution in [2.75, 3.05) is 23.7 Å². The lowest BCUT2D eigenvalue weighted by Crippen LogP contribution is -2.40. The van der Waals surface area contributed by atoms with E-state index in [1.807, 2.05) is 35.2 Å². The zero-order valence-electron chi connectivity index (χ0n) is 20.8. The van der Waals surface area contributed by atoms with Crippen LogP contribution >= 0.6 is 24.8 Å². The third kappa shape index (κ3) is 7.50. The number of nitrogens with one attached hydrogen (secondary N) is 2. The van der Waals surface area contributed by atoms with Gasteiger partial charge in [0.05, 0.1) is 24.3 Å². The first-order chi connectivity index (χ1) is 16.6. The molecular formula is C26H33Cl2N5O3S. The van der Waals surface area contributed by atoms with E-state index in [1.54, 1.807) is 37.3 Å². The highest BCUT2D eigenvalue weighted by Crippen LogP contribution is 2.27. The number of hydrogen-bond donors (Lipinski definition) is 3. The molecule has 8 nitrogen and oxygen atoms in total. The monoisotopic (exact) mass is 565 g/mol. The zero-order chi connectivity index (χ0) is 25.2. The number of anilines is 1. The fraction of sp³-hybridized carbons (Fsp3) is 0.308. The summed E-state index contributed by atoms with van der Waals surface area (Å²) in [6, 6.07) is 18.5. The molecule has 4 N–H and O–H groups in total. The van der Waals surface area contributed by atoms with Crippen LogP contribution in [0.3, 0.4) is 0 Å². The van der Waals surface area contributed by atoms with Crippen molar-refractivity contribution < 1.29 is 13.2 Å². The number of nitrogens with two attached hydrogens (primary N) is 1. The fourth-order valence-electron chi connectivity index (χ4n) is 4.32. The smallest absolute Gasteiger partial charge is 0.232 e. The van der Waals surface area contributed by atoms with Gasteiger partial charge >= 0.3 is 0 Å². The summed E-state index contributed by atoms with van der Waals surface area (Å²) in [5.74, 6) is 1.28. The third-order valence-corrected chi connectivity index (χ3v) is 7.43. The molecule has 1 aliphatic heterocycles. The molecule has 1 saturated heterocycles. The van der Waals surface area contributed by atoms with E-state index in [-0.39, 0.29) is 43.3 Å². The zero-order valence-corrected chi connectivity index (χ0v) is 23.3. The number of nitrogen functional groups attached to an aromatic ring is 1. The molecule has 1 aliphatic rings. The highest BCUT2D eigenvalue weighted by molar-refractivity contribution is 7.92. The van der Waals surface area contributed by atoms with Gasteiger partial charge in [-0.15, -0.1) is 24.8 Å². The molecule has 3 aromatic carbocycles. The first-order valence-electron chi connectivity index (χ1n) is 11.5. The van der Waals surface area contributed by atoms with E-state index in [0.717, 1.165) is 42.3 Å². The maximum atomic E-state index is 12.7. The number of hydrogen-bond acceptors (Lipinski definition) is 5. The lowest BCUT2D eigenvalue weighted by molar-refractivity contribution is 0.130. The van der Waals surface area contributed by atoms with Crippen LogP contribution < -0.4 is 14.8 Å². The Balaban J connectivity index is 0.00000241. The Morgan fingerprint density at radius 1 is 1.00 bits per heavy atom. The third-order valence-electron chi connectivity index (χ3n) is 6.29. The summed E-state index contributed by atoms with van der Waals surface area (Å²) in [6.07, 6.45) is 2.98. The summed E-state index contributed by atoms with van der Waals surface area (Å²) in [5, 5.41) is 17.3. The van der Waals surface area contributed by atoms with Crippen molar-refractivity contribution in [3.05, 3.63) is 71.8 Å². The van der Waals surface area contributed by atoms with Crippen LogP contribution in [0, 0.1) is 10.8 Å². The second-order valence-electron chi connectivity index (χ2n) is 8.96. The molecule has 0 unspecified atom stereocenters. The number of nitrogens with zero attached hydrogens (tertiary/aromatic N) is 2. The molecule has 11 heteroatoms. The average Bonchev–Trinajstić information content (AvgIpc) is 2.82. The van der Waals surface area contributed by atoms with Gasteiger partial charge in [-0.05, 0) is 59.7 Å². The summed E-state index contributed by atoms with van der Waals surface area (Å²) in [5.41, 5.74) is 7.64. The second-order valence-corrected chi connectivity index (χ2v) is 10.9. The first kappa shape index (κ1) is 30.2. The van der Waals surface area contributed by atoms with Crippen molar-refractivity contribution in [1.82, 2.24) is 4.90 Å². The second kappa shape index (κ2) is 12.5. The molecule has 1 heterocycles. The number of halogens is 2. The molecule has 0 spiro atoms. The van der Waals surface area contributed by atoms with Gasteiger partial charge in [0.1, 0.15) is 17.7 Å². The summed E-state index contributed by atoms with van der Waals surface area (Å²) in [4.78, 5) is 2.04. The standard InChI is InChI=1S/C26H31N5O3S.2ClH/c1-18(27)30-13-11-25(12-14-30)34-24-9-7-23(8-10-24)31(35(2,32)33)17-19-3-4-20-5-6-21(26(28)29)16-22(20)15-19;;/h3-10,15-16,25,27H,11-14,17H2,1-2H3,(H3,28,29);2*1H. The van der Waals surface area contributed by atoms with Gasteiger partial charge in [-0.3, -0.25) is 15.1 Å². The van der Waals surface area contributed by atoms with E-state index in [1.165, 1.54) is 10.6 Å². The van der Waals surface area contributed by atoms with Crippen LogP contribution in [0.5, 0.6) is 5.75 Å². The van der Waals surface area contributed by atoms with Crippen LogP contribution in [-0.4, -0.2) is 50.4 Å². The summed E-state index contributed by atoms with van der Waals surface area (Å²) < 4.78 is 32.8. The molecule has 1 fully saturated rings. The van der Waals surface area contributed by atoms with Crippen LogP contribution in [0.25, 0.3) is 10.8 Å². The molecule has 0 bridgehead atoms. The highest BCUT2D eigenvalue weighted by atomic mass is 35.5. The van der Waals surface area contributed by atoms with Crippen LogP contribution in [0.1, 0.15) is 30.9 Å². The van der Waals surface area contributed by atoms with E-state index < -0.39 is 10.0 Å². The number of amidine groups is 2. The lowest BCUT2D eigenvalue weighted by Gasteiger charge is -2.32. The van der Waals surface area contributed by atoms with Crippen molar-refractivity contribution in [2.24, 2.45) is 5.73 Å². The van der Waals surface area contributed by atoms with Gasteiger partial charge in [-0.25, -0.2) is 8.42 Å². The predicted molar refractivity (Wildman–Crippen MR) is 156 cm³/mol. The van der Waals surface area contributed by atoms with Gasteiger partial charge in [0, 0.05) is 31.5 Å². The molecule has 0 aliphatic carbocycles. The average molecular weight is 567 g/mol. The molecule has 0 amide bonds. The maximum Gasteiger partial charge on any atom is 0.232 e. The van der Waals surface area contributed by atoms with E-state index in [2.05, 4.69) is 0 Å². The molecule has 0 aromatic heterocycles. The van der Waals surface area contributed by atoms with E-state index in [0.29, 0.717) is 22.8 Å². The number of ether oxygens (including phenoxy) is 1. The minimum absolute atomic E-state index is 0. The minimum Gasteiger partial charge on any atom is -0.490 e. The number of benzene rings is 3. The molecule has 0 saturated carbocycles. The van der Waals surface area contributed by atoms with Gasteiger partial charge in [-0.2, -0.15) is 0 Å². The Hall–Kier alpha value is -3.01. The molecular weight excluding hydrogens is 533 g/mol. The van der Waals surface area contributed by atoms with Crippen molar-refractivity contribution in [3.63, 3.8) is 0 Å². The molecule has 0 atom stereocenters. The lowest BCUT2D eigenvalue weighted by atomic mass is 10.0. The maximum absolute atomic E-state index is 12.7. The van der Waals surface area contributed by atoms with Gasteiger partial charge in [0.15, 0.2) is 0 Å². The summed E-state index contributed by atoms with van der Waals surface area (Å²) in [6.45, 7) is 3.59. The van der Waals surface area contributed by atoms with Crippen molar-refractivity contribution >= 4 is 63.0 Å². The quantitative estimate of drug-likeness (QED) is 0.281. The first-order valence-corrected chi connectivity index (χ1v) is 13.4. The van der Waals surface area contributed by atoms with Crippen molar-refractivity contribution in [2.45, 2.75) is 32.4 Å². The van der Waals surface area contributed by atoms with Crippen LogP contribution in [-0.2, 0) is 16.6 Å². The van der Waals surface area contributed by atoms with Gasteiger partial charge in [0.2, 0.25) is 10.0 Å². The Kier molecular flexibility index (Phi) is 10.2. The molecule has 0 radical (unpaired) electrons. The number of piperidine rings is 1. The van der Waals surface area contributed by atoms with Crippen LogP contribution in [0.4, 0.5) is 5.69 Å². The minimum atomic E-state index is -3.53. The van der Waals surface area contributed by atoms with Crippen molar-refractivity contribution in [3.8, 4) is 5.75 Å². The van der Waals surface area contributed by atoms with Crippen LogP contribution in [0.2, 0.25) is 0 Å². The summed E-state index contributed by atoms with van der Waals surface area (Å²) >= 11 is 0. The molecule has 37 heavy (non-hydrogen) atoms.